The second-order valence-electron chi connectivity index (χ2n) is 10.8. The minimum Gasteiger partial charge on any atom is -0.368 e. The first-order valence-corrected chi connectivity index (χ1v) is 14.0. The lowest BCUT2D eigenvalue weighted by Crippen LogP contribution is -2.54. The molecule has 0 saturated carbocycles. The van der Waals surface area contributed by atoms with Gasteiger partial charge in [0.15, 0.2) is 5.82 Å². The lowest BCUT2D eigenvalue weighted by molar-refractivity contribution is -0.136. The number of nitrogens with zero attached hydrogens (tertiary/aromatic N) is 4. The molecule has 1 aromatic heterocycles. The second-order valence-corrected chi connectivity index (χ2v) is 10.8. The highest BCUT2D eigenvalue weighted by molar-refractivity contribution is 6.23. The molecule has 43 heavy (non-hydrogen) atoms. The SMILES string of the molecule is Cc1cc(NC(=O)Cc2ccc(C(=O)N3CCN(c4ccc5c(c4)C(=O)N(C4CCC(=O)NC4=O)C5=O)CC3)cc2)n[nH]1. The van der Waals surface area contributed by atoms with Gasteiger partial charge in [0.1, 0.15) is 6.04 Å². The maximum absolute atomic E-state index is 13.2. The fourth-order valence-corrected chi connectivity index (χ4v) is 5.63. The molecule has 3 aliphatic heterocycles. The van der Waals surface area contributed by atoms with Crippen molar-refractivity contribution >= 4 is 46.9 Å². The summed E-state index contributed by atoms with van der Waals surface area (Å²) < 4.78 is 0. The molecule has 0 radical (unpaired) electrons. The monoisotopic (exact) mass is 583 g/mol. The molecule has 2 saturated heterocycles. The van der Waals surface area contributed by atoms with Crippen LogP contribution < -0.4 is 15.5 Å². The summed E-state index contributed by atoms with van der Waals surface area (Å²) in [4.78, 5) is 80.2. The summed E-state index contributed by atoms with van der Waals surface area (Å²) >= 11 is 0. The van der Waals surface area contributed by atoms with Gasteiger partial charge in [-0.3, -0.25) is 44.1 Å². The Balaban J connectivity index is 1.05. The van der Waals surface area contributed by atoms with Crippen LogP contribution in [0, 0.1) is 6.92 Å². The summed E-state index contributed by atoms with van der Waals surface area (Å²) in [5, 5.41) is 11.7. The van der Waals surface area contributed by atoms with Crippen molar-refractivity contribution in [3.8, 4) is 0 Å². The van der Waals surface area contributed by atoms with Crippen LogP contribution in [0.5, 0.6) is 0 Å². The number of aryl methyl sites for hydroxylation is 1. The Morgan fingerprint density at radius 1 is 0.930 bits per heavy atom. The van der Waals surface area contributed by atoms with E-state index in [2.05, 4.69) is 20.8 Å². The Morgan fingerprint density at radius 2 is 1.65 bits per heavy atom. The summed E-state index contributed by atoms with van der Waals surface area (Å²) in [5.41, 5.74) is 3.33. The highest BCUT2D eigenvalue weighted by Crippen LogP contribution is 2.31. The number of carbonyl (C=O) groups excluding carboxylic acids is 6. The van der Waals surface area contributed by atoms with E-state index in [0.29, 0.717) is 37.6 Å². The lowest BCUT2D eigenvalue weighted by Gasteiger charge is -2.36. The molecule has 3 N–H and O–H groups in total. The summed E-state index contributed by atoms with van der Waals surface area (Å²) in [6.45, 7) is 3.80. The second kappa shape index (κ2) is 11.2. The lowest BCUT2D eigenvalue weighted by atomic mass is 10.0. The van der Waals surface area contributed by atoms with Crippen LogP contribution in [-0.2, 0) is 20.8 Å². The number of nitrogens with one attached hydrogen (secondary N) is 3. The van der Waals surface area contributed by atoms with Crippen molar-refractivity contribution in [3.63, 3.8) is 0 Å². The van der Waals surface area contributed by atoms with E-state index in [9.17, 15) is 28.8 Å². The molecular formula is C30H29N7O6. The van der Waals surface area contributed by atoms with Crippen molar-refractivity contribution in [2.45, 2.75) is 32.2 Å². The maximum Gasteiger partial charge on any atom is 0.262 e. The summed E-state index contributed by atoms with van der Waals surface area (Å²) in [6, 6.07) is 12.7. The number of H-pyrrole nitrogens is 1. The first-order valence-electron chi connectivity index (χ1n) is 14.0. The fraction of sp³-hybridized carbons (Fsp3) is 0.300. The first-order chi connectivity index (χ1) is 20.7. The number of benzene rings is 2. The van der Waals surface area contributed by atoms with Crippen LogP contribution in [0.15, 0.2) is 48.5 Å². The van der Waals surface area contributed by atoms with Crippen LogP contribution in [0.25, 0.3) is 0 Å². The number of piperazine rings is 1. The maximum atomic E-state index is 13.2. The fourth-order valence-electron chi connectivity index (χ4n) is 5.63. The van der Waals surface area contributed by atoms with Crippen LogP contribution in [-0.4, -0.2) is 87.7 Å². The van der Waals surface area contributed by atoms with Crippen molar-refractivity contribution in [3.05, 3.63) is 76.5 Å². The molecule has 0 spiro atoms. The molecule has 3 aliphatic rings. The van der Waals surface area contributed by atoms with E-state index in [-0.39, 0.29) is 42.2 Å². The number of piperidine rings is 1. The van der Waals surface area contributed by atoms with Gasteiger partial charge in [-0.15, -0.1) is 0 Å². The number of fused-ring (bicyclic) bond motifs is 1. The third kappa shape index (κ3) is 5.48. The average molecular weight is 584 g/mol. The van der Waals surface area contributed by atoms with E-state index in [1.807, 2.05) is 11.8 Å². The summed E-state index contributed by atoms with van der Waals surface area (Å²) in [7, 11) is 0. The van der Waals surface area contributed by atoms with E-state index >= 15 is 0 Å². The average Bonchev–Trinajstić information content (AvgIpc) is 3.52. The number of hydrogen-bond acceptors (Lipinski definition) is 8. The van der Waals surface area contributed by atoms with Gasteiger partial charge < -0.3 is 15.1 Å². The first kappa shape index (κ1) is 27.8. The van der Waals surface area contributed by atoms with Gasteiger partial charge in [-0.25, -0.2) is 0 Å². The van der Waals surface area contributed by atoms with Gasteiger partial charge in [-0.05, 0) is 49.2 Å². The van der Waals surface area contributed by atoms with Gasteiger partial charge in [0.25, 0.3) is 17.7 Å². The smallest absolute Gasteiger partial charge is 0.262 e. The largest absolute Gasteiger partial charge is 0.368 e. The number of amides is 6. The molecule has 220 valence electrons. The molecule has 13 nitrogen and oxygen atoms in total. The van der Waals surface area contributed by atoms with Crippen LogP contribution in [0.4, 0.5) is 11.5 Å². The predicted octanol–water partition coefficient (Wildman–Crippen LogP) is 1.26. The van der Waals surface area contributed by atoms with Crippen LogP contribution >= 0.6 is 0 Å². The Hall–Kier alpha value is -5.33. The van der Waals surface area contributed by atoms with E-state index in [1.165, 1.54) is 0 Å². The topological polar surface area (TPSA) is 165 Å². The molecule has 6 amide bonds. The van der Waals surface area contributed by atoms with E-state index in [1.54, 1.807) is 53.4 Å². The number of carbonyl (C=O) groups is 6. The normalized spacial score (nSPS) is 18.5. The number of imide groups is 2. The van der Waals surface area contributed by atoms with Crippen LogP contribution in [0.3, 0.4) is 0 Å². The third-order valence-electron chi connectivity index (χ3n) is 7.89. The summed E-state index contributed by atoms with van der Waals surface area (Å²) in [6.07, 6.45) is 0.313. The number of rotatable bonds is 6. The van der Waals surface area contributed by atoms with E-state index in [4.69, 9.17) is 0 Å². The highest BCUT2D eigenvalue weighted by atomic mass is 16.2. The number of anilines is 2. The molecule has 6 rings (SSSR count). The van der Waals surface area contributed by atoms with E-state index < -0.39 is 29.7 Å². The minimum absolute atomic E-state index is 0.0612. The van der Waals surface area contributed by atoms with Gasteiger partial charge >= 0.3 is 0 Å². The van der Waals surface area contributed by atoms with Crippen molar-refractivity contribution in [1.29, 1.82) is 0 Å². The molecule has 13 heteroatoms. The van der Waals surface area contributed by atoms with Gasteiger partial charge in [-0.1, -0.05) is 12.1 Å². The Kier molecular flexibility index (Phi) is 7.22. The van der Waals surface area contributed by atoms with Crippen molar-refractivity contribution in [2.75, 3.05) is 36.4 Å². The van der Waals surface area contributed by atoms with Gasteiger partial charge in [0, 0.05) is 55.6 Å². The standard InChI is InChI=1S/C30H29N7O6/c1-17-14-24(34-33-17)31-26(39)15-18-2-4-19(5-3-18)28(41)36-12-10-35(11-13-36)20-6-7-21-22(16-20)30(43)37(29(21)42)23-8-9-25(38)32-27(23)40/h2-7,14,16,23H,8-13,15H2,1H3,(H,32,38,40)(H2,31,33,34,39). The van der Waals surface area contributed by atoms with Gasteiger partial charge in [0.05, 0.1) is 17.5 Å². The summed E-state index contributed by atoms with van der Waals surface area (Å²) in [5.74, 6) is -2.02. The van der Waals surface area contributed by atoms with Crippen molar-refractivity contribution in [2.24, 2.45) is 0 Å². The zero-order chi connectivity index (χ0) is 30.2. The molecular weight excluding hydrogens is 554 g/mol. The Morgan fingerprint density at radius 3 is 2.33 bits per heavy atom. The molecule has 0 bridgehead atoms. The molecule has 4 heterocycles. The van der Waals surface area contributed by atoms with Crippen LogP contribution in [0.2, 0.25) is 0 Å². The van der Waals surface area contributed by atoms with Crippen molar-refractivity contribution in [1.82, 2.24) is 25.3 Å². The van der Waals surface area contributed by atoms with Crippen molar-refractivity contribution < 1.29 is 28.8 Å². The zero-order valence-corrected chi connectivity index (χ0v) is 23.4. The molecule has 3 aromatic rings. The molecule has 0 aliphatic carbocycles. The number of hydrogen-bond donors (Lipinski definition) is 3. The molecule has 2 aromatic carbocycles. The third-order valence-corrected chi connectivity index (χ3v) is 7.89. The van der Waals surface area contributed by atoms with Crippen LogP contribution in [0.1, 0.15) is 55.2 Å². The van der Waals surface area contributed by atoms with Gasteiger partial charge in [-0.2, -0.15) is 5.10 Å². The van der Waals surface area contributed by atoms with Gasteiger partial charge in [0.2, 0.25) is 17.7 Å². The number of aromatic nitrogens is 2. The van der Waals surface area contributed by atoms with E-state index in [0.717, 1.165) is 21.8 Å². The molecule has 2 fully saturated rings. The molecule has 1 atom stereocenters. The number of aromatic amines is 1. The Labute approximate surface area is 246 Å². The highest BCUT2D eigenvalue weighted by Gasteiger charge is 2.44. The minimum atomic E-state index is -1.01. The molecule has 1 unspecified atom stereocenters. The predicted molar refractivity (Wildman–Crippen MR) is 153 cm³/mol. The zero-order valence-electron chi connectivity index (χ0n) is 23.4. The quantitative estimate of drug-likeness (QED) is 0.365. The Bertz CT molecular complexity index is 1660.